The van der Waals surface area contributed by atoms with Crippen molar-refractivity contribution < 1.29 is 4.52 Å². The Bertz CT molecular complexity index is 390. The van der Waals surface area contributed by atoms with Crippen molar-refractivity contribution in [3.05, 3.63) is 17.5 Å². The second-order valence-corrected chi connectivity index (χ2v) is 6.03. The van der Waals surface area contributed by atoms with Crippen LogP contribution in [0.5, 0.6) is 0 Å². The number of aromatic nitrogens is 1. The van der Waals surface area contributed by atoms with Crippen LogP contribution in [0.3, 0.4) is 0 Å². The lowest BCUT2D eigenvalue weighted by Gasteiger charge is -2.45. The van der Waals surface area contributed by atoms with Crippen LogP contribution in [0.4, 0.5) is 0 Å². The smallest absolute Gasteiger partial charge is 0.150 e. The highest BCUT2D eigenvalue weighted by atomic mass is 16.5. The van der Waals surface area contributed by atoms with Gasteiger partial charge in [0.05, 0.1) is 12.2 Å². The molecule has 3 heterocycles. The van der Waals surface area contributed by atoms with Gasteiger partial charge in [-0.1, -0.05) is 5.16 Å². The Kier molecular flexibility index (Phi) is 3.39. The summed E-state index contributed by atoms with van der Waals surface area (Å²) in [5.41, 5.74) is 1.50. The van der Waals surface area contributed by atoms with E-state index in [1.807, 2.05) is 6.92 Å². The summed E-state index contributed by atoms with van der Waals surface area (Å²) in [7, 11) is 0. The van der Waals surface area contributed by atoms with Crippen molar-refractivity contribution >= 4 is 0 Å². The highest BCUT2D eigenvalue weighted by Crippen LogP contribution is 2.36. The number of rotatable bonds is 2. The van der Waals surface area contributed by atoms with E-state index in [9.17, 15) is 0 Å². The third kappa shape index (κ3) is 2.59. The molecule has 1 aromatic rings. The predicted octanol–water partition coefficient (Wildman–Crippen LogP) is 1.95. The minimum absolute atomic E-state index is 0.519. The molecule has 2 saturated heterocycles. The summed E-state index contributed by atoms with van der Waals surface area (Å²) in [5.74, 6) is 1.01. The van der Waals surface area contributed by atoms with Crippen molar-refractivity contribution in [2.75, 3.05) is 26.2 Å². The van der Waals surface area contributed by atoms with Crippen molar-refractivity contribution in [2.45, 2.75) is 39.2 Å². The quantitative estimate of drug-likeness (QED) is 0.870. The summed E-state index contributed by atoms with van der Waals surface area (Å²) in [6, 6.07) is 2.06. The molecule has 2 fully saturated rings. The van der Waals surface area contributed by atoms with Crippen LogP contribution in [0.2, 0.25) is 0 Å². The maximum absolute atomic E-state index is 5.34. The Morgan fingerprint density at radius 3 is 3.06 bits per heavy atom. The number of hydrogen-bond acceptors (Lipinski definition) is 4. The van der Waals surface area contributed by atoms with Crippen LogP contribution in [0.15, 0.2) is 10.6 Å². The van der Waals surface area contributed by atoms with Gasteiger partial charge in [-0.2, -0.15) is 0 Å². The molecule has 1 aromatic heterocycles. The van der Waals surface area contributed by atoms with E-state index in [0.29, 0.717) is 5.41 Å². The molecule has 4 heteroatoms. The number of nitrogens with one attached hydrogen (secondary N) is 1. The van der Waals surface area contributed by atoms with Crippen molar-refractivity contribution in [2.24, 2.45) is 5.41 Å². The Morgan fingerprint density at radius 2 is 2.33 bits per heavy atom. The summed E-state index contributed by atoms with van der Waals surface area (Å²) < 4.78 is 5.34. The third-order valence-electron chi connectivity index (χ3n) is 4.36. The lowest BCUT2D eigenvalue weighted by atomic mass is 9.74. The van der Waals surface area contributed by atoms with Crippen LogP contribution >= 0.6 is 0 Å². The van der Waals surface area contributed by atoms with E-state index in [2.05, 4.69) is 21.4 Å². The van der Waals surface area contributed by atoms with E-state index in [1.54, 1.807) is 0 Å². The first-order chi connectivity index (χ1) is 8.76. The molecule has 0 aromatic carbocycles. The van der Waals surface area contributed by atoms with E-state index in [1.165, 1.54) is 51.9 Å². The van der Waals surface area contributed by atoms with E-state index in [0.717, 1.165) is 18.0 Å². The van der Waals surface area contributed by atoms with Gasteiger partial charge in [0.25, 0.3) is 0 Å². The first kappa shape index (κ1) is 12.2. The molecule has 0 bridgehead atoms. The Morgan fingerprint density at radius 1 is 1.44 bits per heavy atom. The molecule has 0 aliphatic carbocycles. The van der Waals surface area contributed by atoms with Gasteiger partial charge in [0, 0.05) is 19.2 Å². The largest absolute Gasteiger partial charge is 0.360 e. The van der Waals surface area contributed by atoms with Crippen LogP contribution in [0.25, 0.3) is 0 Å². The minimum Gasteiger partial charge on any atom is -0.360 e. The highest BCUT2D eigenvalue weighted by Gasteiger charge is 2.36. The maximum Gasteiger partial charge on any atom is 0.150 e. The number of aryl methyl sites for hydroxylation is 1. The normalized spacial score (nSPS) is 29.8. The fourth-order valence-electron chi connectivity index (χ4n) is 3.53. The number of piperidine rings is 2. The van der Waals surface area contributed by atoms with E-state index < -0.39 is 0 Å². The molecule has 0 saturated carbocycles. The van der Waals surface area contributed by atoms with Gasteiger partial charge in [-0.15, -0.1) is 0 Å². The molecule has 4 nitrogen and oxygen atoms in total. The molecule has 1 atom stereocenters. The summed E-state index contributed by atoms with van der Waals surface area (Å²) in [6.07, 6.45) is 5.40. The topological polar surface area (TPSA) is 41.3 Å². The molecule has 0 radical (unpaired) electrons. The zero-order valence-electron chi connectivity index (χ0n) is 11.2. The molecular weight excluding hydrogens is 226 g/mol. The third-order valence-corrected chi connectivity index (χ3v) is 4.36. The predicted molar refractivity (Wildman–Crippen MR) is 70.3 cm³/mol. The molecule has 1 unspecified atom stereocenters. The monoisotopic (exact) mass is 249 g/mol. The van der Waals surface area contributed by atoms with Crippen molar-refractivity contribution in [3.8, 4) is 0 Å². The highest BCUT2D eigenvalue weighted by molar-refractivity contribution is 5.03. The summed E-state index contributed by atoms with van der Waals surface area (Å²) in [4.78, 5) is 2.54. The van der Waals surface area contributed by atoms with Crippen LogP contribution in [-0.2, 0) is 6.54 Å². The molecule has 3 rings (SSSR count). The summed E-state index contributed by atoms with van der Waals surface area (Å²) in [5, 5.41) is 7.54. The fourth-order valence-corrected chi connectivity index (χ4v) is 3.53. The Hall–Kier alpha value is -0.870. The number of hydrogen-bond donors (Lipinski definition) is 1. The number of likely N-dealkylation sites (tertiary alicyclic amines) is 1. The molecule has 1 spiro atoms. The molecule has 2 aliphatic rings. The van der Waals surface area contributed by atoms with E-state index in [-0.39, 0.29) is 0 Å². The van der Waals surface area contributed by atoms with Crippen LogP contribution < -0.4 is 5.32 Å². The average molecular weight is 249 g/mol. The van der Waals surface area contributed by atoms with Crippen molar-refractivity contribution in [1.29, 1.82) is 0 Å². The second-order valence-electron chi connectivity index (χ2n) is 6.03. The summed E-state index contributed by atoms with van der Waals surface area (Å²) in [6.45, 7) is 7.70. The van der Waals surface area contributed by atoms with E-state index in [4.69, 9.17) is 4.52 Å². The lowest BCUT2D eigenvalue weighted by molar-refractivity contribution is 0.0549. The van der Waals surface area contributed by atoms with Crippen LogP contribution in [0.1, 0.15) is 37.1 Å². The van der Waals surface area contributed by atoms with Gasteiger partial charge in [-0.3, -0.25) is 4.90 Å². The maximum atomic E-state index is 5.34. The van der Waals surface area contributed by atoms with Gasteiger partial charge < -0.3 is 9.84 Å². The molecule has 18 heavy (non-hydrogen) atoms. The molecule has 1 N–H and O–H groups in total. The van der Waals surface area contributed by atoms with Crippen molar-refractivity contribution in [3.63, 3.8) is 0 Å². The van der Waals surface area contributed by atoms with Gasteiger partial charge in [0.15, 0.2) is 5.76 Å². The number of nitrogens with zero attached hydrogens (tertiary/aromatic N) is 2. The molecule has 2 aliphatic heterocycles. The van der Waals surface area contributed by atoms with E-state index >= 15 is 0 Å². The zero-order valence-corrected chi connectivity index (χ0v) is 11.2. The van der Waals surface area contributed by atoms with Gasteiger partial charge in [0.1, 0.15) is 0 Å². The first-order valence-corrected chi connectivity index (χ1v) is 7.11. The van der Waals surface area contributed by atoms with Gasteiger partial charge in [-0.05, 0) is 51.1 Å². The fraction of sp³-hybridized carbons (Fsp3) is 0.786. The second kappa shape index (κ2) is 5.02. The van der Waals surface area contributed by atoms with Gasteiger partial charge >= 0.3 is 0 Å². The van der Waals surface area contributed by atoms with Gasteiger partial charge in [-0.25, -0.2) is 0 Å². The minimum atomic E-state index is 0.519. The Balaban J connectivity index is 1.63. The zero-order chi connectivity index (χ0) is 12.4. The Labute approximate surface area is 109 Å². The average Bonchev–Trinajstić information content (AvgIpc) is 2.76. The molecular formula is C14H23N3O. The van der Waals surface area contributed by atoms with Crippen LogP contribution in [0, 0.1) is 12.3 Å². The van der Waals surface area contributed by atoms with Crippen LogP contribution in [-0.4, -0.2) is 36.2 Å². The molecule has 100 valence electrons. The SMILES string of the molecule is Cc1cc(CN2CCCC3(CCCNC3)C2)on1. The van der Waals surface area contributed by atoms with Gasteiger partial charge in [0.2, 0.25) is 0 Å². The standard InChI is InChI=1S/C14H23N3O/c1-12-8-13(18-16-12)9-17-7-3-5-14(11-17)4-2-6-15-10-14/h8,15H,2-7,9-11H2,1H3. The first-order valence-electron chi connectivity index (χ1n) is 7.11. The van der Waals surface area contributed by atoms with Crippen molar-refractivity contribution in [1.82, 2.24) is 15.4 Å². The molecule has 0 amide bonds. The lowest BCUT2D eigenvalue weighted by Crippen LogP contribution is -2.50. The summed E-state index contributed by atoms with van der Waals surface area (Å²) >= 11 is 0.